The summed E-state index contributed by atoms with van der Waals surface area (Å²) >= 11 is 0. The molecule has 0 heteroatoms. The highest BCUT2D eigenvalue weighted by Gasteiger charge is 2.51. The minimum atomic E-state index is 0.511. The quantitative estimate of drug-likeness (QED) is 0.490. The minimum Gasteiger partial charge on any atom is -0.0764 e. The number of rotatable bonds is 5. The third kappa shape index (κ3) is 2.94. The molecule has 4 saturated carbocycles. The van der Waals surface area contributed by atoms with Crippen LogP contribution >= 0.6 is 0 Å². The lowest BCUT2D eigenvalue weighted by atomic mass is 9.48. The summed E-state index contributed by atoms with van der Waals surface area (Å²) in [7, 11) is 0. The van der Waals surface area contributed by atoms with Gasteiger partial charge in [0.05, 0.1) is 0 Å². The number of unbranched alkanes of at least 4 members (excludes halogenated alkanes) is 1. The van der Waals surface area contributed by atoms with Crippen molar-refractivity contribution in [2.45, 2.75) is 76.0 Å². The molecular formula is C29H34. The van der Waals surface area contributed by atoms with Crippen LogP contribution in [0.1, 0.15) is 87.3 Å². The van der Waals surface area contributed by atoms with Crippen molar-refractivity contribution < 1.29 is 0 Å². The van der Waals surface area contributed by atoms with E-state index in [1.54, 1.807) is 11.1 Å². The highest BCUT2D eigenvalue weighted by Crippen LogP contribution is 2.60. The summed E-state index contributed by atoms with van der Waals surface area (Å²) in [4.78, 5) is 0. The van der Waals surface area contributed by atoms with Crippen molar-refractivity contribution in [1.82, 2.24) is 0 Å². The molecule has 0 N–H and O–H groups in total. The van der Waals surface area contributed by atoms with E-state index in [0.717, 1.165) is 17.8 Å². The largest absolute Gasteiger partial charge is 0.0764 e. The van der Waals surface area contributed by atoms with Crippen LogP contribution in [0.25, 0.3) is 17.2 Å². The van der Waals surface area contributed by atoms with Crippen LogP contribution in [-0.4, -0.2) is 0 Å². The van der Waals surface area contributed by atoms with Gasteiger partial charge in [-0.15, -0.1) is 0 Å². The first kappa shape index (κ1) is 18.0. The van der Waals surface area contributed by atoms with Crippen LogP contribution in [0.4, 0.5) is 0 Å². The fourth-order valence-electron chi connectivity index (χ4n) is 7.80. The van der Waals surface area contributed by atoms with Gasteiger partial charge in [-0.3, -0.25) is 0 Å². The van der Waals surface area contributed by atoms with Gasteiger partial charge in [-0.25, -0.2) is 0 Å². The number of hydrogen-bond acceptors (Lipinski definition) is 0. The van der Waals surface area contributed by atoms with Gasteiger partial charge in [0.1, 0.15) is 0 Å². The van der Waals surface area contributed by atoms with Crippen molar-refractivity contribution in [2.24, 2.45) is 17.8 Å². The van der Waals surface area contributed by atoms with E-state index in [4.69, 9.17) is 0 Å². The third-order valence-electron chi connectivity index (χ3n) is 8.75. The molecule has 150 valence electrons. The summed E-state index contributed by atoms with van der Waals surface area (Å²) in [6, 6.07) is 16.8. The van der Waals surface area contributed by atoms with Gasteiger partial charge in [0, 0.05) is 5.92 Å². The van der Waals surface area contributed by atoms with Crippen LogP contribution in [0.15, 0.2) is 48.5 Å². The van der Waals surface area contributed by atoms with Crippen LogP contribution < -0.4 is 0 Å². The van der Waals surface area contributed by atoms with Gasteiger partial charge < -0.3 is 0 Å². The molecule has 0 radical (unpaired) electrons. The Balaban J connectivity index is 1.30. The van der Waals surface area contributed by atoms with Crippen molar-refractivity contribution >= 4 is 6.08 Å². The monoisotopic (exact) mass is 382 g/mol. The average Bonchev–Trinajstić information content (AvgIpc) is 3.14. The Morgan fingerprint density at radius 1 is 0.862 bits per heavy atom. The van der Waals surface area contributed by atoms with E-state index in [1.807, 2.05) is 0 Å². The Labute approximate surface area is 176 Å². The lowest BCUT2D eigenvalue weighted by Gasteiger charge is -2.57. The van der Waals surface area contributed by atoms with Crippen LogP contribution in [0.5, 0.6) is 0 Å². The van der Waals surface area contributed by atoms with E-state index in [1.165, 1.54) is 74.5 Å². The summed E-state index contributed by atoms with van der Waals surface area (Å²) in [6.07, 6.45) is 17.7. The highest BCUT2D eigenvalue weighted by molar-refractivity contribution is 5.80. The first-order chi connectivity index (χ1) is 14.2. The van der Waals surface area contributed by atoms with E-state index in [-0.39, 0.29) is 0 Å². The van der Waals surface area contributed by atoms with Crippen molar-refractivity contribution in [2.75, 3.05) is 0 Å². The van der Waals surface area contributed by atoms with E-state index in [0.29, 0.717) is 11.3 Å². The Hall–Kier alpha value is -1.82. The summed E-state index contributed by atoms with van der Waals surface area (Å²) in [5, 5.41) is 0. The van der Waals surface area contributed by atoms with Crippen molar-refractivity contribution in [3.63, 3.8) is 0 Å². The second-order valence-electron chi connectivity index (χ2n) is 10.7. The Kier molecular flexibility index (Phi) is 4.26. The van der Waals surface area contributed by atoms with Gasteiger partial charge in [0.2, 0.25) is 0 Å². The van der Waals surface area contributed by atoms with Gasteiger partial charge in [-0.05, 0) is 95.9 Å². The molecule has 29 heavy (non-hydrogen) atoms. The van der Waals surface area contributed by atoms with E-state index < -0.39 is 0 Å². The molecule has 0 heterocycles. The van der Waals surface area contributed by atoms with Crippen molar-refractivity contribution in [1.29, 1.82) is 0 Å². The molecule has 2 aromatic rings. The molecule has 5 aliphatic rings. The first-order valence-corrected chi connectivity index (χ1v) is 12.2. The molecule has 0 saturated heterocycles. The SMILES string of the molecule is CCCCC1C=Cc2c(-c3ccc(C45CC6CC(CC(C6)C4)C5)cc3)cccc21. The molecular weight excluding hydrogens is 348 g/mol. The summed E-state index contributed by atoms with van der Waals surface area (Å²) < 4.78 is 0. The number of allylic oxidation sites excluding steroid dienone is 1. The molecule has 0 aliphatic heterocycles. The predicted octanol–water partition coefficient (Wildman–Crippen LogP) is 8.12. The topological polar surface area (TPSA) is 0 Å². The lowest BCUT2D eigenvalue weighted by molar-refractivity contribution is -0.00518. The highest BCUT2D eigenvalue weighted by atomic mass is 14.6. The molecule has 4 bridgehead atoms. The molecule has 5 aliphatic carbocycles. The van der Waals surface area contributed by atoms with E-state index in [9.17, 15) is 0 Å². The average molecular weight is 383 g/mol. The normalized spacial score (nSPS) is 34.0. The van der Waals surface area contributed by atoms with Crippen molar-refractivity contribution in [3.05, 3.63) is 65.2 Å². The molecule has 1 unspecified atom stereocenters. The first-order valence-electron chi connectivity index (χ1n) is 12.2. The Morgan fingerprint density at radius 3 is 2.21 bits per heavy atom. The van der Waals surface area contributed by atoms with Gasteiger partial charge in [0.15, 0.2) is 0 Å². The molecule has 1 atom stereocenters. The van der Waals surface area contributed by atoms with Crippen LogP contribution in [0.3, 0.4) is 0 Å². The smallest absolute Gasteiger partial charge is 0.00274 e. The van der Waals surface area contributed by atoms with Gasteiger partial charge >= 0.3 is 0 Å². The van der Waals surface area contributed by atoms with Crippen LogP contribution in [0.2, 0.25) is 0 Å². The molecule has 0 nitrogen and oxygen atoms in total. The number of benzene rings is 2. The third-order valence-corrected chi connectivity index (χ3v) is 8.75. The zero-order valence-electron chi connectivity index (χ0n) is 17.9. The zero-order valence-corrected chi connectivity index (χ0v) is 17.9. The Bertz CT molecular complexity index is 894. The zero-order chi connectivity index (χ0) is 19.4. The number of hydrogen-bond donors (Lipinski definition) is 0. The summed E-state index contributed by atoms with van der Waals surface area (Å²) in [5.74, 6) is 3.67. The molecule has 0 spiro atoms. The molecule has 0 aromatic heterocycles. The fraction of sp³-hybridized carbons (Fsp3) is 0.517. The van der Waals surface area contributed by atoms with Crippen molar-refractivity contribution in [3.8, 4) is 11.1 Å². The molecule has 0 amide bonds. The molecule has 7 rings (SSSR count). The van der Waals surface area contributed by atoms with Gasteiger partial charge in [-0.2, -0.15) is 0 Å². The second kappa shape index (κ2) is 6.86. The molecule has 4 fully saturated rings. The van der Waals surface area contributed by atoms with Crippen LogP contribution in [-0.2, 0) is 5.41 Å². The maximum absolute atomic E-state index is 2.50. The summed E-state index contributed by atoms with van der Waals surface area (Å²) in [6.45, 7) is 2.29. The standard InChI is InChI=1S/C29H34/c1-2-3-5-23-10-13-28-26(23)6-4-7-27(28)24-8-11-25(12-9-24)29-17-20-14-21(18-29)16-22(15-20)19-29/h4,6-13,20-23H,2-3,5,14-19H2,1H3. The summed E-state index contributed by atoms with van der Waals surface area (Å²) in [5.41, 5.74) is 7.99. The fourth-order valence-corrected chi connectivity index (χ4v) is 7.80. The maximum atomic E-state index is 2.50. The minimum absolute atomic E-state index is 0.511. The second-order valence-corrected chi connectivity index (χ2v) is 10.7. The predicted molar refractivity (Wildman–Crippen MR) is 123 cm³/mol. The van der Waals surface area contributed by atoms with Gasteiger partial charge in [-0.1, -0.05) is 74.4 Å². The van der Waals surface area contributed by atoms with Crippen LogP contribution in [0, 0.1) is 17.8 Å². The lowest BCUT2D eigenvalue weighted by Crippen LogP contribution is -2.48. The Morgan fingerprint density at radius 2 is 1.55 bits per heavy atom. The maximum Gasteiger partial charge on any atom is 0.00274 e. The number of fused-ring (bicyclic) bond motifs is 1. The van der Waals surface area contributed by atoms with E-state index >= 15 is 0 Å². The van der Waals surface area contributed by atoms with Gasteiger partial charge in [0.25, 0.3) is 0 Å². The molecule has 2 aromatic carbocycles. The van der Waals surface area contributed by atoms with E-state index in [2.05, 4.69) is 61.5 Å².